The number of thiazole rings is 1. The standard InChI is InChI=1S/C17H18N4OS/c1-10-9-13(22-4)5-6-14(10)20-17-18-8-7-15(21-17)16-11(2)19-12(3)23-16/h5-9H,1-4H3,(H,18,20,21). The highest BCUT2D eigenvalue weighted by atomic mass is 32.1. The maximum Gasteiger partial charge on any atom is 0.227 e. The molecule has 118 valence electrons. The lowest BCUT2D eigenvalue weighted by Gasteiger charge is -2.10. The molecule has 0 spiro atoms. The lowest BCUT2D eigenvalue weighted by Crippen LogP contribution is -1.99. The van der Waals surface area contributed by atoms with Crippen LogP contribution in [-0.2, 0) is 0 Å². The fourth-order valence-corrected chi connectivity index (χ4v) is 3.23. The van der Waals surface area contributed by atoms with E-state index < -0.39 is 0 Å². The van der Waals surface area contributed by atoms with Gasteiger partial charge in [0.1, 0.15) is 5.75 Å². The SMILES string of the molecule is COc1ccc(Nc2nccc(-c3sc(C)nc3C)n2)c(C)c1. The lowest BCUT2D eigenvalue weighted by molar-refractivity contribution is 0.414. The quantitative estimate of drug-likeness (QED) is 0.775. The Morgan fingerprint density at radius 1 is 1.09 bits per heavy atom. The second-order valence-corrected chi connectivity index (χ2v) is 6.42. The summed E-state index contributed by atoms with van der Waals surface area (Å²) in [7, 11) is 1.66. The van der Waals surface area contributed by atoms with E-state index in [-0.39, 0.29) is 0 Å². The summed E-state index contributed by atoms with van der Waals surface area (Å²) in [6.07, 6.45) is 1.76. The van der Waals surface area contributed by atoms with Gasteiger partial charge in [-0.15, -0.1) is 11.3 Å². The van der Waals surface area contributed by atoms with E-state index in [0.29, 0.717) is 5.95 Å². The number of ether oxygens (including phenoxy) is 1. The van der Waals surface area contributed by atoms with Gasteiger partial charge in [-0.1, -0.05) is 0 Å². The van der Waals surface area contributed by atoms with E-state index >= 15 is 0 Å². The van der Waals surface area contributed by atoms with Crippen LogP contribution in [0.5, 0.6) is 5.75 Å². The molecule has 0 fully saturated rings. The summed E-state index contributed by atoms with van der Waals surface area (Å²) in [4.78, 5) is 14.5. The lowest BCUT2D eigenvalue weighted by atomic mass is 10.2. The molecule has 0 aliphatic carbocycles. The van der Waals surface area contributed by atoms with Crippen LogP contribution in [0.1, 0.15) is 16.3 Å². The monoisotopic (exact) mass is 326 g/mol. The van der Waals surface area contributed by atoms with Crippen LogP contribution in [0.15, 0.2) is 30.5 Å². The van der Waals surface area contributed by atoms with Gasteiger partial charge >= 0.3 is 0 Å². The molecule has 0 aliphatic rings. The van der Waals surface area contributed by atoms with Crippen molar-refractivity contribution in [2.75, 3.05) is 12.4 Å². The summed E-state index contributed by atoms with van der Waals surface area (Å²) in [5.74, 6) is 1.40. The Kier molecular flexibility index (Phi) is 4.25. The van der Waals surface area contributed by atoms with Crippen LogP contribution in [-0.4, -0.2) is 22.1 Å². The van der Waals surface area contributed by atoms with E-state index in [1.54, 1.807) is 24.6 Å². The molecular formula is C17H18N4OS. The predicted molar refractivity (Wildman–Crippen MR) is 93.6 cm³/mol. The van der Waals surface area contributed by atoms with Gasteiger partial charge in [0.05, 0.1) is 28.4 Å². The van der Waals surface area contributed by atoms with Crippen LogP contribution >= 0.6 is 11.3 Å². The molecule has 0 saturated heterocycles. The van der Waals surface area contributed by atoms with Gasteiger partial charge in [-0.05, 0) is 50.6 Å². The topological polar surface area (TPSA) is 59.9 Å². The molecule has 0 saturated carbocycles. The number of anilines is 2. The van der Waals surface area contributed by atoms with Crippen molar-refractivity contribution in [3.8, 4) is 16.3 Å². The first-order valence-corrected chi connectivity index (χ1v) is 8.07. The molecule has 3 rings (SSSR count). The molecule has 23 heavy (non-hydrogen) atoms. The van der Waals surface area contributed by atoms with Gasteiger partial charge in [0.15, 0.2) is 0 Å². The minimum atomic E-state index is 0.571. The molecule has 0 atom stereocenters. The highest BCUT2D eigenvalue weighted by molar-refractivity contribution is 7.15. The molecule has 5 nitrogen and oxygen atoms in total. The number of methoxy groups -OCH3 is 1. The van der Waals surface area contributed by atoms with Gasteiger partial charge < -0.3 is 10.1 Å². The van der Waals surface area contributed by atoms with Crippen LogP contribution in [0.2, 0.25) is 0 Å². The van der Waals surface area contributed by atoms with E-state index in [1.165, 1.54) is 0 Å². The molecule has 2 aromatic heterocycles. The van der Waals surface area contributed by atoms with Crippen molar-refractivity contribution < 1.29 is 4.74 Å². The minimum absolute atomic E-state index is 0.571. The van der Waals surface area contributed by atoms with Crippen LogP contribution in [0.3, 0.4) is 0 Å². The molecule has 6 heteroatoms. The smallest absolute Gasteiger partial charge is 0.227 e. The maximum absolute atomic E-state index is 5.23. The van der Waals surface area contributed by atoms with E-state index in [2.05, 4.69) is 20.3 Å². The first kappa shape index (κ1) is 15.4. The average Bonchev–Trinajstić information content (AvgIpc) is 2.88. The normalized spacial score (nSPS) is 10.6. The van der Waals surface area contributed by atoms with Gasteiger partial charge in [0.2, 0.25) is 5.95 Å². The molecule has 0 aliphatic heterocycles. The number of aryl methyl sites for hydroxylation is 3. The summed E-state index contributed by atoms with van der Waals surface area (Å²) in [5, 5.41) is 4.30. The van der Waals surface area contributed by atoms with E-state index in [0.717, 1.165) is 38.3 Å². The first-order valence-electron chi connectivity index (χ1n) is 7.26. The molecule has 0 radical (unpaired) electrons. The number of rotatable bonds is 4. The summed E-state index contributed by atoms with van der Waals surface area (Å²) >= 11 is 1.64. The highest BCUT2D eigenvalue weighted by Gasteiger charge is 2.10. The fourth-order valence-electron chi connectivity index (χ4n) is 2.34. The van der Waals surface area contributed by atoms with Gasteiger partial charge in [0.25, 0.3) is 0 Å². The summed E-state index contributed by atoms with van der Waals surface area (Å²) in [6.45, 7) is 6.02. The molecule has 1 aromatic carbocycles. The summed E-state index contributed by atoms with van der Waals surface area (Å²) < 4.78 is 5.23. The Morgan fingerprint density at radius 2 is 1.91 bits per heavy atom. The Labute approximate surface area is 139 Å². The van der Waals surface area contributed by atoms with Crippen molar-refractivity contribution in [2.45, 2.75) is 20.8 Å². The maximum atomic E-state index is 5.23. The van der Waals surface area contributed by atoms with Crippen LogP contribution < -0.4 is 10.1 Å². The van der Waals surface area contributed by atoms with Gasteiger partial charge in [-0.2, -0.15) is 0 Å². The van der Waals surface area contributed by atoms with Crippen LogP contribution in [0.25, 0.3) is 10.6 Å². The molecule has 0 bridgehead atoms. The molecule has 1 N–H and O–H groups in total. The van der Waals surface area contributed by atoms with Crippen molar-refractivity contribution in [3.05, 3.63) is 46.7 Å². The Morgan fingerprint density at radius 3 is 2.57 bits per heavy atom. The zero-order valence-electron chi connectivity index (χ0n) is 13.5. The van der Waals surface area contributed by atoms with Gasteiger partial charge in [-0.3, -0.25) is 0 Å². The summed E-state index contributed by atoms with van der Waals surface area (Å²) in [5.41, 5.74) is 3.91. The number of aromatic nitrogens is 3. The third-order valence-corrected chi connectivity index (χ3v) is 4.57. The highest BCUT2D eigenvalue weighted by Crippen LogP contribution is 2.29. The van der Waals surface area contributed by atoms with E-state index in [1.807, 2.05) is 45.0 Å². The third kappa shape index (κ3) is 3.32. The first-order chi connectivity index (χ1) is 11.1. The Balaban J connectivity index is 1.90. The largest absolute Gasteiger partial charge is 0.497 e. The number of hydrogen-bond acceptors (Lipinski definition) is 6. The molecular weight excluding hydrogens is 308 g/mol. The zero-order valence-corrected chi connectivity index (χ0v) is 14.4. The number of nitrogens with one attached hydrogen (secondary N) is 1. The Bertz CT molecular complexity index is 844. The third-order valence-electron chi connectivity index (χ3n) is 3.47. The Hall–Kier alpha value is -2.47. The van der Waals surface area contributed by atoms with Gasteiger partial charge in [0, 0.05) is 11.9 Å². The van der Waals surface area contributed by atoms with Crippen LogP contribution in [0.4, 0.5) is 11.6 Å². The molecule has 2 heterocycles. The predicted octanol–water partition coefficient (Wildman–Crippen LogP) is 4.28. The molecule has 0 amide bonds. The molecule has 3 aromatic rings. The average molecular weight is 326 g/mol. The second-order valence-electron chi connectivity index (χ2n) is 5.22. The number of benzene rings is 1. The zero-order chi connectivity index (χ0) is 16.4. The summed E-state index contributed by atoms with van der Waals surface area (Å²) in [6, 6.07) is 7.76. The molecule has 0 unspecified atom stereocenters. The minimum Gasteiger partial charge on any atom is -0.497 e. The van der Waals surface area contributed by atoms with Crippen molar-refractivity contribution in [3.63, 3.8) is 0 Å². The van der Waals surface area contributed by atoms with Crippen LogP contribution in [0, 0.1) is 20.8 Å². The van der Waals surface area contributed by atoms with Crippen molar-refractivity contribution in [1.82, 2.24) is 15.0 Å². The second kappa shape index (κ2) is 6.34. The number of hydrogen-bond donors (Lipinski definition) is 1. The van der Waals surface area contributed by atoms with E-state index in [4.69, 9.17) is 4.74 Å². The van der Waals surface area contributed by atoms with Crippen molar-refractivity contribution in [1.29, 1.82) is 0 Å². The van der Waals surface area contributed by atoms with Crippen molar-refractivity contribution in [2.24, 2.45) is 0 Å². The van der Waals surface area contributed by atoms with Crippen molar-refractivity contribution >= 4 is 23.0 Å². The van der Waals surface area contributed by atoms with E-state index in [9.17, 15) is 0 Å². The fraction of sp³-hybridized carbons (Fsp3) is 0.235. The van der Waals surface area contributed by atoms with Gasteiger partial charge in [-0.25, -0.2) is 15.0 Å². The number of nitrogens with zero attached hydrogens (tertiary/aromatic N) is 3.